The Morgan fingerprint density at radius 1 is 1.12 bits per heavy atom. The molecule has 0 bridgehead atoms. The van der Waals surface area contributed by atoms with E-state index in [2.05, 4.69) is 5.10 Å². The average Bonchev–Trinajstić information content (AvgIpc) is 3.47. The van der Waals surface area contributed by atoms with Gasteiger partial charge in [0.2, 0.25) is 0 Å². The number of rotatable bonds is 5. The van der Waals surface area contributed by atoms with Crippen molar-refractivity contribution in [3.05, 3.63) is 71.4 Å². The Hall–Kier alpha value is -3.22. The first-order valence-corrected chi connectivity index (χ1v) is 11.5. The van der Waals surface area contributed by atoms with Gasteiger partial charge in [-0.3, -0.25) is 9.48 Å². The van der Waals surface area contributed by atoms with E-state index in [9.17, 15) is 13.6 Å². The Bertz CT molecular complexity index is 1240. The highest BCUT2D eigenvalue weighted by Gasteiger charge is 2.55. The summed E-state index contributed by atoms with van der Waals surface area (Å²) in [4.78, 5) is 14.9. The van der Waals surface area contributed by atoms with Crippen LogP contribution in [0.1, 0.15) is 47.6 Å². The first-order valence-electron chi connectivity index (χ1n) is 11.5. The molecule has 3 fully saturated rings. The van der Waals surface area contributed by atoms with Crippen LogP contribution in [0, 0.1) is 24.0 Å². The zero-order chi connectivity index (χ0) is 22.7. The van der Waals surface area contributed by atoms with Gasteiger partial charge in [0, 0.05) is 30.1 Å². The molecule has 0 atom stereocenters. The average molecular weight is 450 g/mol. The molecule has 2 aliphatic carbocycles. The molecule has 7 heteroatoms. The van der Waals surface area contributed by atoms with Gasteiger partial charge in [-0.15, -0.1) is 0 Å². The van der Waals surface area contributed by atoms with Crippen molar-refractivity contribution in [2.45, 2.75) is 44.8 Å². The lowest BCUT2D eigenvalue weighted by Crippen LogP contribution is -2.63. The minimum Gasteiger partial charge on any atom is -0.489 e. The number of carbonyl (C=O) groups excluding carboxylic acids is 1. The van der Waals surface area contributed by atoms with Crippen molar-refractivity contribution < 1.29 is 18.3 Å². The van der Waals surface area contributed by atoms with E-state index in [0.717, 1.165) is 36.9 Å². The molecule has 3 aromatic rings. The van der Waals surface area contributed by atoms with E-state index in [4.69, 9.17) is 4.74 Å². The van der Waals surface area contributed by atoms with Gasteiger partial charge in [-0.2, -0.15) is 5.10 Å². The summed E-state index contributed by atoms with van der Waals surface area (Å²) in [5, 5.41) is 4.55. The molecule has 1 aliphatic heterocycles. The molecule has 2 aromatic carbocycles. The maximum Gasteiger partial charge on any atom is 0.257 e. The summed E-state index contributed by atoms with van der Waals surface area (Å²) in [6.45, 7) is 3.28. The van der Waals surface area contributed by atoms with Crippen molar-refractivity contribution in [3.63, 3.8) is 0 Å². The highest BCUT2D eigenvalue weighted by molar-refractivity contribution is 5.97. The number of carbonyl (C=O) groups is 1. The lowest BCUT2D eigenvalue weighted by Gasteiger charge is -2.59. The van der Waals surface area contributed by atoms with Gasteiger partial charge in [-0.25, -0.2) is 8.78 Å². The molecule has 1 saturated heterocycles. The Morgan fingerprint density at radius 2 is 1.88 bits per heavy atom. The molecular formula is C26H25F2N3O2. The molecule has 0 radical (unpaired) electrons. The second-order valence-electron chi connectivity index (χ2n) is 9.78. The van der Waals surface area contributed by atoms with Gasteiger partial charge in [-0.1, -0.05) is 12.1 Å². The Labute approximate surface area is 191 Å². The van der Waals surface area contributed by atoms with Crippen molar-refractivity contribution in [3.8, 4) is 17.0 Å². The van der Waals surface area contributed by atoms with Crippen molar-refractivity contribution in [2.24, 2.45) is 5.41 Å². The highest BCUT2D eigenvalue weighted by Crippen LogP contribution is 2.55. The van der Waals surface area contributed by atoms with E-state index in [1.54, 1.807) is 18.3 Å². The Morgan fingerprint density at radius 3 is 2.61 bits per heavy atom. The number of nitrogens with zero attached hydrogens (tertiary/aromatic N) is 3. The number of hydrogen-bond acceptors (Lipinski definition) is 3. The van der Waals surface area contributed by atoms with Crippen LogP contribution in [0.3, 0.4) is 0 Å². The SMILES string of the molecule is Cc1cnn(C2CC3(C2)CN(C(=O)c2ccc(F)cc2OC2CC2)C3)c1-c1ccccc1F. The van der Waals surface area contributed by atoms with Crippen molar-refractivity contribution in [1.82, 2.24) is 14.7 Å². The Kier molecular flexibility index (Phi) is 4.57. The number of hydrogen-bond donors (Lipinski definition) is 0. The van der Waals surface area contributed by atoms with Crippen molar-refractivity contribution >= 4 is 5.91 Å². The van der Waals surface area contributed by atoms with E-state index in [1.807, 2.05) is 22.6 Å². The number of benzene rings is 2. The van der Waals surface area contributed by atoms with Crippen LogP contribution in [-0.4, -0.2) is 39.8 Å². The quantitative estimate of drug-likeness (QED) is 0.541. The maximum absolute atomic E-state index is 14.5. The van der Waals surface area contributed by atoms with Gasteiger partial charge in [0.05, 0.1) is 29.6 Å². The normalized spacial score (nSPS) is 19.3. The van der Waals surface area contributed by atoms with Crippen LogP contribution in [0.25, 0.3) is 11.3 Å². The number of amides is 1. The fourth-order valence-electron chi connectivity index (χ4n) is 5.30. The smallest absolute Gasteiger partial charge is 0.257 e. The summed E-state index contributed by atoms with van der Waals surface area (Å²) in [7, 11) is 0. The largest absolute Gasteiger partial charge is 0.489 e. The molecule has 0 unspecified atom stereocenters. The third-order valence-electron chi connectivity index (χ3n) is 7.12. The highest BCUT2D eigenvalue weighted by atomic mass is 19.1. The maximum atomic E-state index is 14.5. The fraction of sp³-hybridized carbons (Fsp3) is 0.385. The monoisotopic (exact) mass is 449 g/mol. The minimum absolute atomic E-state index is 0.0736. The van der Waals surface area contributed by atoms with Crippen LogP contribution >= 0.6 is 0 Å². The summed E-state index contributed by atoms with van der Waals surface area (Å²) < 4.78 is 35.9. The zero-order valence-corrected chi connectivity index (χ0v) is 18.4. The van der Waals surface area contributed by atoms with E-state index in [0.29, 0.717) is 30.0 Å². The topological polar surface area (TPSA) is 47.4 Å². The van der Waals surface area contributed by atoms with Gasteiger partial charge < -0.3 is 9.64 Å². The first kappa shape index (κ1) is 20.4. The molecule has 6 rings (SSSR count). The molecule has 0 N–H and O–H groups in total. The molecular weight excluding hydrogens is 424 g/mol. The van der Waals surface area contributed by atoms with Crippen LogP contribution < -0.4 is 4.74 Å². The predicted octanol–water partition coefficient (Wildman–Crippen LogP) is 5.16. The number of ether oxygens (including phenoxy) is 1. The number of likely N-dealkylation sites (tertiary alicyclic amines) is 1. The third-order valence-corrected chi connectivity index (χ3v) is 7.12. The molecule has 1 spiro atoms. The van der Waals surface area contributed by atoms with Crippen molar-refractivity contribution in [1.29, 1.82) is 0 Å². The second-order valence-corrected chi connectivity index (χ2v) is 9.78. The summed E-state index contributed by atoms with van der Waals surface area (Å²) >= 11 is 0. The van der Waals surface area contributed by atoms with Crippen LogP contribution in [0.2, 0.25) is 0 Å². The molecule has 33 heavy (non-hydrogen) atoms. The lowest BCUT2D eigenvalue weighted by atomic mass is 9.60. The van der Waals surface area contributed by atoms with Gasteiger partial charge in [0.15, 0.2) is 0 Å². The molecule has 170 valence electrons. The van der Waals surface area contributed by atoms with E-state index < -0.39 is 5.82 Å². The van der Waals surface area contributed by atoms with Crippen LogP contribution in [0.4, 0.5) is 8.78 Å². The summed E-state index contributed by atoms with van der Waals surface area (Å²) in [5.74, 6) is -0.414. The van der Waals surface area contributed by atoms with Gasteiger partial charge >= 0.3 is 0 Å². The van der Waals surface area contributed by atoms with E-state index >= 15 is 0 Å². The van der Waals surface area contributed by atoms with Crippen LogP contribution in [0.5, 0.6) is 5.75 Å². The van der Waals surface area contributed by atoms with Gasteiger partial charge in [0.25, 0.3) is 5.91 Å². The van der Waals surface area contributed by atoms with Crippen LogP contribution in [-0.2, 0) is 0 Å². The molecule has 2 heterocycles. The zero-order valence-electron chi connectivity index (χ0n) is 18.4. The predicted molar refractivity (Wildman–Crippen MR) is 119 cm³/mol. The standard InChI is InChI=1S/C26H25F2N3O2/c1-16-13-29-31(24(16)20-4-2-3-5-22(20)28)18-11-26(12-18)14-30(15-26)25(32)21-9-6-17(27)10-23(21)33-19-7-8-19/h2-6,9-10,13,18-19H,7-8,11-12,14-15H2,1H3. The Balaban J connectivity index is 1.14. The van der Waals surface area contributed by atoms with Gasteiger partial charge in [-0.05, 0) is 62.4 Å². The molecule has 1 amide bonds. The molecule has 1 aromatic heterocycles. The molecule has 2 saturated carbocycles. The van der Waals surface area contributed by atoms with Crippen molar-refractivity contribution in [2.75, 3.05) is 13.1 Å². The minimum atomic E-state index is -0.399. The van der Waals surface area contributed by atoms with E-state index in [-0.39, 0.29) is 29.3 Å². The first-order chi connectivity index (χ1) is 15.9. The number of halogens is 2. The number of aromatic nitrogens is 2. The van der Waals surface area contributed by atoms with Gasteiger partial charge in [0.1, 0.15) is 17.4 Å². The second kappa shape index (κ2) is 7.40. The molecule has 3 aliphatic rings. The summed E-state index contributed by atoms with van der Waals surface area (Å²) in [6.07, 6.45) is 5.57. The molecule has 5 nitrogen and oxygen atoms in total. The summed E-state index contributed by atoms with van der Waals surface area (Å²) in [5.41, 5.74) is 2.85. The van der Waals surface area contributed by atoms with E-state index in [1.165, 1.54) is 24.3 Å². The fourth-order valence-corrected chi connectivity index (χ4v) is 5.30. The van der Waals surface area contributed by atoms with Crippen LogP contribution in [0.15, 0.2) is 48.7 Å². The number of aryl methyl sites for hydroxylation is 1. The summed E-state index contributed by atoms with van der Waals surface area (Å²) in [6, 6.07) is 11.1. The lowest BCUT2D eigenvalue weighted by molar-refractivity contribution is -0.0735. The third kappa shape index (κ3) is 3.50.